The third-order valence-corrected chi connectivity index (χ3v) is 3.01. The summed E-state index contributed by atoms with van der Waals surface area (Å²) in [4.78, 5) is 21.6. The number of rotatable bonds is 5. The van der Waals surface area contributed by atoms with E-state index >= 15 is 0 Å². The van der Waals surface area contributed by atoms with Crippen LogP contribution in [0.25, 0.3) is 12.2 Å². The van der Waals surface area contributed by atoms with Crippen molar-refractivity contribution in [3.63, 3.8) is 0 Å². The Labute approximate surface area is 122 Å². The van der Waals surface area contributed by atoms with Crippen LogP contribution < -0.4 is 4.74 Å². The minimum atomic E-state index is -0.945. The third kappa shape index (κ3) is 3.57. The summed E-state index contributed by atoms with van der Waals surface area (Å²) in [5.74, 6) is -0.423. The Kier molecular flexibility index (Phi) is 4.51. The highest BCUT2D eigenvalue weighted by molar-refractivity contribution is 5.88. The summed E-state index contributed by atoms with van der Waals surface area (Å²) >= 11 is 0. The number of carboxylic acid groups (broad SMARTS) is 1. The molecule has 0 aliphatic carbocycles. The van der Waals surface area contributed by atoms with Crippen molar-refractivity contribution in [3.8, 4) is 5.75 Å². The average molecular weight is 282 g/mol. The zero-order valence-corrected chi connectivity index (χ0v) is 11.4. The van der Waals surface area contributed by atoms with Gasteiger partial charge in [-0.15, -0.1) is 0 Å². The SMILES string of the molecule is COc1cc(C=Cc2ccc(C(=O)O)cc2)ccc1C=O. The van der Waals surface area contributed by atoms with E-state index in [0.29, 0.717) is 11.3 Å². The van der Waals surface area contributed by atoms with Crippen molar-refractivity contribution in [1.29, 1.82) is 0 Å². The molecule has 0 bridgehead atoms. The van der Waals surface area contributed by atoms with Crippen molar-refractivity contribution in [1.82, 2.24) is 0 Å². The second kappa shape index (κ2) is 6.52. The highest BCUT2D eigenvalue weighted by Gasteiger charge is 2.02. The lowest BCUT2D eigenvalue weighted by atomic mass is 10.1. The summed E-state index contributed by atoms with van der Waals surface area (Å²) in [6, 6.07) is 11.9. The molecule has 0 saturated heterocycles. The summed E-state index contributed by atoms with van der Waals surface area (Å²) in [6.07, 6.45) is 4.48. The van der Waals surface area contributed by atoms with Crippen molar-refractivity contribution in [2.24, 2.45) is 0 Å². The van der Waals surface area contributed by atoms with Gasteiger partial charge in [-0.1, -0.05) is 30.4 Å². The number of ether oxygens (including phenoxy) is 1. The van der Waals surface area contributed by atoms with Gasteiger partial charge in [0.1, 0.15) is 5.75 Å². The Bertz CT molecular complexity index is 684. The maximum atomic E-state index is 10.8. The van der Waals surface area contributed by atoms with E-state index in [4.69, 9.17) is 9.84 Å². The van der Waals surface area contributed by atoms with Crippen molar-refractivity contribution in [2.45, 2.75) is 0 Å². The monoisotopic (exact) mass is 282 g/mol. The molecule has 106 valence electrons. The van der Waals surface area contributed by atoms with Gasteiger partial charge in [0.15, 0.2) is 6.29 Å². The summed E-state index contributed by atoms with van der Waals surface area (Å²) < 4.78 is 5.14. The molecule has 0 unspecified atom stereocenters. The van der Waals surface area contributed by atoms with Crippen LogP contribution in [0.4, 0.5) is 0 Å². The van der Waals surface area contributed by atoms with E-state index in [1.165, 1.54) is 7.11 Å². The maximum absolute atomic E-state index is 10.8. The standard InChI is InChI=1S/C17H14O4/c1-21-16-10-13(6-9-15(16)11-18)3-2-12-4-7-14(8-5-12)17(19)20/h2-11H,1H3,(H,19,20). The molecule has 1 N–H and O–H groups in total. The van der Waals surface area contributed by atoms with E-state index in [1.807, 2.05) is 18.2 Å². The summed E-state index contributed by atoms with van der Waals surface area (Å²) in [7, 11) is 1.51. The fraction of sp³-hybridized carbons (Fsp3) is 0.0588. The van der Waals surface area contributed by atoms with Crippen LogP contribution >= 0.6 is 0 Å². The molecule has 21 heavy (non-hydrogen) atoms. The van der Waals surface area contributed by atoms with Gasteiger partial charge in [0.05, 0.1) is 18.2 Å². The number of carbonyl (C=O) groups excluding carboxylic acids is 1. The van der Waals surface area contributed by atoms with Crippen LogP contribution in [0, 0.1) is 0 Å². The molecule has 0 radical (unpaired) electrons. The first-order valence-corrected chi connectivity index (χ1v) is 6.28. The summed E-state index contributed by atoms with van der Waals surface area (Å²) in [6.45, 7) is 0. The molecule has 4 nitrogen and oxygen atoms in total. The molecule has 2 aromatic rings. The smallest absolute Gasteiger partial charge is 0.335 e. The van der Waals surface area contributed by atoms with Crippen LogP contribution in [0.15, 0.2) is 42.5 Å². The first-order valence-electron chi connectivity index (χ1n) is 6.28. The number of hydrogen-bond acceptors (Lipinski definition) is 3. The lowest BCUT2D eigenvalue weighted by molar-refractivity contribution is 0.0696. The molecule has 2 rings (SSSR count). The fourth-order valence-corrected chi connectivity index (χ4v) is 1.86. The molecule has 0 atom stereocenters. The number of methoxy groups -OCH3 is 1. The maximum Gasteiger partial charge on any atom is 0.335 e. The summed E-state index contributed by atoms with van der Waals surface area (Å²) in [5, 5.41) is 8.83. The van der Waals surface area contributed by atoms with Crippen LogP contribution in [-0.2, 0) is 0 Å². The van der Waals surface area contributed by atoms with Crippen LogP contribution in [0.2, 0.25) is 0 Å². The zero-order chi connectivity index (χ0) is 15.2. The number of carboxylic acids is 1. The van der Waals surface area contributed by atoms with Crippen molar-refractivity contribution < 1.29 is 19.4 Å². The van der Waals surface area contributed by atoms with E-state index in [0.717, 1.165) is 17.4 Å². The minimum absolute atomic E-state index is 0.254. The van der Waals surface area contributed by atoms with E-state index in [1.54, 1.807) is 36.4 Å². The fourth-order valence-electron chi connectivity index (χ4n) is 1.86. The second-order valence-electron chi connectivity index (χ2n) is 4.38. The number of aromatic carboxylic acids is 1. The van der Waals surface area contributed by atoms with Gasteiger partial charge in [0.25, 0.3) is 0 Å². The van der Waals surface area contributed by atoms with Gasteiger partial charge in [-0.25, -0.2) is 4.79 Å². The van der Waals surface area contributed by atoms with Gasteiger partial charge < -0.3 is 9.84 Å². The Hall–Kier alpha value is -2.88. The Morgan fingerprint density at radius 2 is 1.67 bits per heavy atom. The van der Waals surface area contributed by atoms with Gasteiger partial charge >= 0.3 is 5.97 Å². The van der Waals surface area contributed by atoms with Crippen LogP contribution in [0.1, 0.15) is 31.8 Å². The second-order valence-corrected chi connectivity index (χ2v) is 4.38. The van der Waals surface area contributed by atoms with Crippen LogP contribution in [0.5, 0.6) is 5.75 Å². The molecule has 0 saturated carbocycles. The number of aldehydes is 1. The molecule has 2 aromatic carbocycles. The number of carbonyl (C=O) groups is 2. The molecule has 0 heterocycles. The topological polar surface area (TPSA) is 63.6 Å². The molecular formula is C17H14O4. The molecule has 0 aliphatic rings. The van der Waals surface area contributed by atoms with Crippen LogP contribution in [-0.4, -0.2) is 24.5 Å². The van der Waals surface area contributed by atoms with Crippen molar-refractivity contribution in [3.05, 3.63) is 64.7 Å². The number of hydrogen-bond donors (Lipinski definition) is 1. The predicted octanol–water partition coefficient (Wildman–Crippen LogP) is 3.38. The lowest BCUT2D eigenvalue weighted by Crippen LogP contribution is -1.94. The summed E-state index contributed by atoms with van der Waals surface area (Å²) in [5.41, 5.74) is 2.53. The first kappa shape index (κ1) is 14.5. The minimum Gasteiger partial charge on any atom is -0.496 e. The van der Waals surface area contributed by atoms with Crippen molar-refractivity contribution in [2.75, 3.05) is 7.11 Å². The first-order chi connectivity index (χ1) is 10.1. The van der Waals surface area contributed by atoms with Gasteiger partial charge in [0, 0.05) is 0 Å². The lowest BCUT2D eigenvalue weighted by Gasteiger charge is -2.04. The van der Waals surface area contributed by atoms with Gasteiger partial charge in [-0.3, -0.25) is 4.79 Å². The largest absolute Gasteiger partial charge is 0.496 e. The molecule has 0 spiro atoms. The van der Waals surface area contributed by atoms with E-state index in [2.05, 4.69) is 0 Å². The molecule has 0 fully saturated rings. The highest BCUT2D eigenvalue weighted by atomic mass is 16.5. The van der Waals surface area contributed by atoms with E-state index < -0.39 is 5.97 Å². The van der Waals surface area contributed by atoms with Gasteiger partial charge in [-0.05, 0) is 35.4 Å². The normalized spacial score (nSPS) is 10.5. The van der Waals surface area contributed by atoms with Gasteiger partial charge in [-0.2, -0.15) is 0 Å². The van der Waals surface area contributed by atoms with Crippen LogP contribution in [0.3, 0.4) is 0 Å². The molecule has 4 heteroatoms. The highest BCUT2D eigenvalue weighted by Crippen LogP contribution is 2.20. The average Bonchev–Trinajstić information content (AvgIpc) is 2.52. The Morgan fingerprint density at radius 3 is 2.24 bits per heavy atom. The molecule has 0 aliphatic heterocycles. The molecule has 0 aromatic heterocycles. The molecule has 0 amide bonds. The van der Waals surface area contributed by atoms with Crippen molar-refractivity contribution >= 4 is 24.4 Å². The Morgan fingerprint density at radius 1 is 1.05 bits per heavy atom. The third-order valence-electron chi connectivity index (χ3n) is 3.01. The number of benzene rings is 2. The van der Waals surface area contributed by atoms with Gasteiger partial charge in [0.2, 0.25) is 0 Å². The zero-order valence-electron chi connectivity index (χ0n) is 11.4. The molecular weight excluding hydrogens is 268 g/mol. The van der Waals surface area contributed by atoms with E-state index in [9.17, 15) is 9.59 Å². The predicted molar refractivity (Wildman–Crippen MR) is 80.7 cm³/mol. The van der Waals surface area contributed by atoms with E-state index in [-0.39, 0.29) is 5.56 Å². The quantitative estimate of drug-likeness (QED) is 0.674. The Balaban J connectivity index is 2.20.